The lowest BCUT2D eigenvalue weighted by molar-refractivity contribution is -0.0546. The van der Waals surface area contributed by atoms with Crippen LogP contribution in [0.5, 0.6) is 0 Å². The van der Waals surface area contributed by atoms with Crippen LogP contribution in [0.15, 0.2) is 0 Å². The maximum Gasteiger partial charge on any atom is 0.0602 e. The van der Waals surface area contributed by atoms with E-state index in [0.717, 1.165) is 13.0 Å². The second-order valence-corrected chi connectivity index (χ2v) is 4.29. The van der Waals surface area contributed by atoms with Crippen molar-refractivity contribution in [2.75, 3.05) is 13.6 Å². The molecular weight excluding hydrogens is 150 g/mol. The lowest BCUT2D eigenvalue weighted by Crippen LogP contribution is -2.26. The van der Waals surface area contributed by atoms with Crippen LogP contribution in [-0.4, -0.2) is 25.3 Å². The number of nitrogens with one attached hydrogen (secondary N) is 1. The maximum absolute atomic E-state index is 5.76. The predicted octanol–water partition coefficient (Wildman–Crippen LogP) is 2.19. The van der Waals surface area contributed by atoms with Crippen molar-refractivity contribution in [1.82, 2.24) is 5.32 Å². The highest BCUT2D eigenvalue weighted by molar-refractivity contribution is 4.63. The van der Waals surface area contributed by atoms with E-state index in [-0.39, 0.29) is 5.60 Å². The fraction of sp³-hybridized carbons (Fsp3) is 1.00. The van der Waals surface area contributed by atoms with Crippen molar-refractivity contribution in [3.05, 3.63) is 0 Å². The fourth-order valence-corrected chi connectivity index (χ4v) is 1.23. The summed E-state index contributed by atoms with van der Waals surface area (Å²) in [5, 5.41) is 3.13. The van der Waals surface area contributed by atoms with Crippen LogP contribution in [0.1, 0.15) is 40.5 Å². The molecule has 0 fully saturated rings. The second-order valence-electron chi connectivity index (χ2n) is 4.29. The van der Waals surface area contributed by atoms with Gasteiger partial charge in [0.2, 0.25) is 0 Å². The van der Waals surface area contributed by atoms with Gasteiger partial charge >= 0.3 is 0 Å². The average molecular weight is 173 g/mol. The van der Waals surface area contributed by atoms with Crippen LogP contribution in [0, 0.1) is 0 Å². The zero-order valence-electron chi connectivity index (χ0n) is 9.11. The number of ether oxygens (including phenoxy) is 1. The molecule has 1 atom stereocenters. The summed E-state index contributed by atoms with van der Waals surface area (Å²) >= 11 is 0. The van der Waals surface area contributed by atoms with Crippen molar-refractivity contribution in [1.29, 1.82) is 0 Å². The predicted molar refractivity (Wildman–Crippen MR) is 53.5 cm³/mol. The van der Waals surface area contributed by atoms with E-state index in [1.54, 1.807) is 0 Å². The Morgan fingerprint density at radius 2 is 1.92 bits per heavy atom. The van der Waals surface area contributed by atoms with Crippen LogP contribution in [0.4, 0.5) is 0 Å². The topological polar surface area (TPSA) is 21.3 Å². The molecule has 0 rings (SSSR count). The molecule has 1 unspecified atom stereocenters. The first-order chi connectivity index (χ1) is 5.45. The van der Waals surface area contributed by atoms with Gasteiger partial charge in [-0.05, 0) is 54.1 Å². The van der Waals surface area contributed by atoms with Crippen LogP contribution in [0.2, 0.25) is 0 Å². The molecule has 0 aromatic rings. The molecule has 12 heavy (non-hydrogen) atoms. The highest BCUT2D eigenvalue weighted by Gasteiger charge is 2.14. The molecule has 0 aromatic heterocycles. The summed E-state index contributed by atoms with van der Waals surface area (Å²) in [7, 11) is 1.98. The second kappa shape index (κ2) is 5.55. The molecule has 0 spiro atoms. The third-order valence-electron chi connectivity index (χ3n) is 1.59. The summed E-state index contributed by atoms with van der Waals surface area (Å²) in [6, 6.07) is 0. The van der Waals surface area contributed by atoms with Crippen LogP contribution in [0.3, 0.4) is 0 Å². The maximum atomic E-state index is 5.76. The Balaban J connectivity index is 3.40. The number of hydrogen-bond acceptors (Lipinski definition) is 2. The summed E-state index contributed by atoms with van der Waals surface area (Å²) < 4.78 is 5.76. The Bertz CT molecular complexity index is 107. The molecule has 1 N–H and O–H groups in total. The molecule has 0 heterocycles. The van der Waals surface area contributed by atoms with Gasteiger partial charge in [-0.2, -0.15) is 0 Å². The lowest BCUT2D eigenvalue weighted by atomic mass is 10.1. The summed E-state index contributed by atoms with van der Waals surface area (Å²) in [6.07, 6.45) is 2.70. The molecule has 0 aromatic carbocycles. The zero-order valence-corrected chi connectivity index (χ0v) is 9.11. The fourth-order valence-electron chi connectivity index (χ4n) is 1.23. The summed E-state index contributed by atoms with van der Waals surface area (Å²) in [5.74, 6) is 0. The molecule has 0 aliphatic carbocycles. The number of hydrogen-bond donors (Lipinski definition) is 1. The normalized spacial score (nSPS) is 14.8. The standard InChI is InChI=1S/C10H23NO/c1-9(7-6-8-11-5)12-10(2,3)4/h9,11H,6-8H2,1-5H3. The van der Waals surface area contributed by atoms with E-state index in [9.17, 15) is 0 Å². The van der Waals surface area contributed by atoms with E-state index in [4.69, 9.17) is 4.74 Å². The van der Waals surface area contributed by atoms with Crippen molar-refractivity contribution in [3.63, 3.8) is 0 Å². The Morgan fingerprint density at radius 3 is 2.33 bits per heavy atom. The van der Waals surface area contributed by atoms with Gasteiger partial charge in [0.25, 0.3) is 0 Å². The highest BCUT2D eigenvalue weighted by atomic mass is 16.5. The molecule has 0 radical (unpaired) electrons. The van der Waals surface area contributed by atoms with Crippen molar-refractivity contribution in [3.8, 4) is 0 Å². The van der Waals surface area contributed by atoms with Gasteiger partial charge in [0.15, 0.2) is 0 Å². The Kier molecular flexibility index (Phi) is 5.51. The van der Waals surface area contributed by atoms with Gasteiger partial charge in [-0.1, -0.05) is 0 Å². The quantitative estimate of drug-likeness (QED) is 0.643. The van der Waals surface area contributed by atoms with Gasteiger partial charge in [0, 0.05) is 0 Å². The van der Waals surface area contributed by atoms with Gasteiger partial charge in [-0.15, -0.1) is 0 Å². The molecule has 0 aliphatic heterocycles. The molecule has 0 bridgehead atoms. The lowest BCUT2D eigenvalue weighted by Gasteiger charge is -2.25. The molecular formula is C10H23NO. The molecule has 0 amide bonds. The molecule has 0 aliphatic rings. The molecule has 2 nitrogen and oxygen atoms in total. The monoisotopic (exact) mass is 173 g/mol. The van der Waals surface area contributed by atoms with E-state index in [2.05, 4.69) is 33.0 Å². The van der Waals surface area contributed by atoms with Crippen LogP contribution < -0.4 is 5.32 Å². The average Bonchev–Trinajstić information content (AvgIpc) is 1.84. The Labute approximate surface area is 76.7 Å². The van der Waals surface area contributed by atoms with Crippen LogP contribution in [0.25, 0.3) is 0 Å². The van der Waals surface area contributed by atoms with Crippen LogP contribution >= 0.6 is 0 Å². The van der Waals surface area contributed by atoms with E-state index >= 15 is 0 Å². The van der Waals surface area contributed by atoms with Crippen molar-refractivity contribution in [2.24, 2.45) is 0 Å². The third kappa shape index (κ3) is 8.02. The van der Waals surface area contributed by atoms with E-state index in [1.165, 1.54) is 6.42 Å². The molecule has 74 valence electrons. The molecule has 0 saturated carbocycles. The van der Waals surface area contributed by atoms with Gasteiger partial charge in [0.1, 0.15) is 0 Å². The zero-order chi connectivity index (χ0) is 9.61. The van der Waals surface area contributed by atoms with Crippen molar-refractivity contribution < 1.29 is 4.74 Å². The summed E-state index contributed by atoms with van der Waals surface area (Å²) in [5.41, 5.74) is -0.000933. The summed E-state index contributed by atoms with van der Waals surface area (Å²) in [4.78, 5) is 0. The minimum Gasteiger partial charge on any atom is -0.373 e. The van der Waals surface area contributed by atoms with E-state index < -0.39 is 0 Å². The van der Waals surface area contributed by atoms with Crippen LogP contribution in [-0.2, 0) is 4.74 Å². The SMILES string of the molecule is CNCCCC(C)OC(C)(C)C. The minimum atomic E-state index is -0.000933. The Morgan fingerprint density at radius 1 is 1.33 bits per heavy atom. The summed E-state index contributed by atoms with van der Waals surface area (Å²) in [6.45, 7) is 9.52. The molecule has 0 saturated heterocycles. The first-order valence-electron chi connectivity index (χ1n) is 4.78. The first kappa shape index (κ1) is 11.9. The van der Waals surface area contributed by atoms with Gasteiger partial charge < -0.3 is 10.1 Å². The van der Waals surface area contributed by atoms with Gasteiger partial charge in [-0.3, -0.25) is 0 Å². The van der Waals surface area contributed by atoms with Gasteiger partial charge in [0.05, 0.1) is 11.7 Å². The van der Waals surface area contributed by atoms with E-state index in [0.29, 0.717) is 6.10 Å². The third-order valence-corrected chi connectivity index (χ3v) is 1.59. The van der Waals surface area contributed by atoms with Crippen molar-refractivity contribution in [2.45, 2.75) is 52.2 Å². The smallest absolute Gasteiger partial charge is 0.0602 e. The highest BCUT2D eigenvalue weighted by Crippen LogP contribution is 2.13. The Hall–Kier alpha value is -0.0800. The largest absolute Gasteiger partial charge is 0.373 e. The first-order valence-corrected chi connectivity index (χ1v) is 4.78. The van der Waals surface area contributed by atoms with E-state index in [1.807, 2.05) is 7.05 Å². The van der Waals surface area contributed by atoms with Gasteiger partial charge in [-0.25, -0.2) is 0 Å². The number of rotatable bonds is 5. The minimum absolute atomic E-state index is 0.000933. The molecule has 2 heteroatoms. The van der Waals surface area contributed by atoms with Crippen molar-refractivity contribution >= 4 is 0 Å².